The van der Waals surface area contributed by atoms with E-state index < -0.39 is 5.79 Å². The Hall–Kier alpha value is -0.610. The fourth-order valence-corrected chi connectivity index (χ4v) is 1.92. The second kappa shape index (κ2) is 2.71. The van der Waals surface area contributed by atoms with Crippen LogP contribution >= 0.6 is 0 Å². The normalized spacial score (nSPS) is 41.8. The van der Waals surface area contributed by atoms with Crippen LogP contribution in [0.4, 0.5) is 0 Å². The van der Waals surface area contributed by atoms with Crippen LogP contribution in [0.25, 0.3) is 0 Å². The van der Waals surface area contributed by atoms with Crippen molar-refractivity contribution >= 4 is 5.97 Å². The van der Waals surface area contributed by atoms with E-state index in [0.29, 0.717) is 6.42 Å². The molecule has 0 amide bonds. The third-order valence-corrected chi connectivity index (χ3v) is 2.67. The monoisotopic (exact) mass is 172 g/mol. The summed E-state index contributed by atoms with van der Waals surface area (Å²) < 4.78 is 0. The van der Waals surface area contributed by atoms with Gasteiger partial charge < -0.3 is 5.11 Å². The van der Waals surface area contributed by atoms with Crippen molar-refractivity contribution < 1.29 is 19.7 Å². The van der Waals surface area contributed by atoms with Gasteiger partial charge in [-0.15, -0.1) is 4.89 Å². The molecule has 2 rings (SSSR count). The number of hydrogen-bond acceptors (Lipinski definition) is 4. The maximum absolute atomic E-state index is 10.8. The number of hydrogen-bond donors (Lipinski definition) is 1. The molecule has 0 bridgehead atoms. The first kappa shape index (κ1) is 8.01. The number of carbonyl (C=O) groups excluding carboxylic acids is 1. The SMILES string of the molecule is O=C1C[C@@H]2CCCC[C@]2(O)OO1. The Bertz CT molecular complexity index is 203. The van der Waals surface area contributed by atoms with Gasteiger partial charge >= 0.3 is 5.97 Å². The molecule has 1 heterocycles. The zero-order valence-electron chi connectivity index (χ0n) is 6.78. The number of rotatable bonds is 0. The summed E-state index contributed by atoms with van der Waals surface area (Å²) >= 11 is 0. The predicted octanol–water partition coefficient (Wildman–Crippen LogP) is 0.744. The third-order valence-electron chi connectivity index (χ3n) is 2.67. The zero-order chi connectivity index (χ0) is 8.60. The summed E-state index contributed by atoms with van der Waals surface area (Å²) in [7, 11) is 0. The Morgan fingerprint density at radius 3 is 3.17 bits per heavy atom. The van der Waals surface area contributed by atoms with Crippen molar-refractivity contribution in [1.29, 1.82) is 0 Å². The third kappa shape index (κ3) is 1.21. The molecular formula is C8H12O4. The summed E-state index contributed by atoms with van der Waals surface area (Å²) in [5.41, 5.74) is 0. The number of carbonyl (C=O) groups is 1. The molecular weight excluding hydrogens is 160 g/mol. The fourth-order valence-electron chi connectivity index (χ4n) is 1.92. The highest BCUT2D eigenvalue weighted by Crippen LogP contribution is 2.39. The molecule has 0 spiro atoms. The topological polar surface area (TPSA) is 55.8 Å². The second-order valence-electron chi connectivity index (χ2n) is 3.53. The maximum atomic E-state index is 10.8. The highest BCUT2D eigenvalue weighted by molar-refractivity contribution is 5.69. The average Bonchev–Trinajstić information content (AvgIpc) is 2.06. The first-order chi connectivity index (χ1) is 5.71. The van der Waals surface area contributed by atoms with E-state index in [4.69, 9.17) is 0 Å². The van der Waals surface area contributed by atoms with E-state index in [2.05, 4.69) is 9.78 Å². The fraction of sp³-hybridized carbons (Fsp3) is 0.875. The molecule has 4 nitrogen and oxygen atoms in total. The quantitative estimate of drug-likeness (QED) is 0.547. The lowest BCUT2D eigenvalue weighted by molar-refractivity contribution is -0.431. The van der Waals surface area contributed by atoms with E-state index >= 15 is 0 Å². The Labute approximate surface area is 70.4 Å². The molecule has 0 unspecified atom stereocenters. The lowest BCUT2D eigenvalue weighted by Crippen LogP contribution is -2.48. The summed E-state index contributed by atoms with van der Waals surface area (Å²) in [6.07, 6.45) is 3.71. The molecule has 1 aliphatic heterocycles. The highest BCUT2D eigenvalue weighted by Gasteiger charge is 2.46. The minimum Gasteiger partial charge on any atom is -0.362 e. The van der Waals surface area contributed by atoms with E-state index in [0.717, 1.165) is 19.3 Å². The van der Waals surface area contributed by atoms with Gasteiger partial charge in [0.2, 0.25) is 5.79 Å². The Balaban J connectivity index is 2.11. The van der Waals surface area contributed by atoms with E-state index in [1.165, 1.54) is 0 Å². The van der Waals surface area contributed by atoms with Crippen LogP contribution in [-0.2, 0) is 14.6 Å². The molecule has 0 aromatic carbocycles. The highest BCUT2D eigenvalue weighted by atomic mass is 17.2. The van der Waals surface area contributed by atoms with Crippen LogP contribution in [0.2, 0.25) is 0 Å². The summed E-state index contributed by atoms with van der Waals surface area (Å²) in [5, 5.41) is 9.81. The number of aliphatic hydroxyl groups is 1. The van der Waals surface area contributed by atoms with Gasteiger partial charge in [0.15, 0.2) is 0 Å². The van der Waals surface area contributed by atoms with Gasteiger partial charge in [-0.2, -0.15) is 0 Å². The molecule has 2 atom stereocenters. The van der Waals surface area contributed by atoms with Gasteiger partial charge in [0.05, 0.1) is 6.42 Å². The van der Waals surface area contributed by atoms with Gasteiger partial charge in [-0.3, -0.25) is 4.89 Å². The van der Waals surface area contributed by atoms with Crippen molar-refractivity contribution in [1.82, 2.24) is 0 Å². The van der Waals surface area contributed by atoms with Crippen LogP contribution < -0.4 is 0 Å². The van der Waals surface area contributed by atoms with E-state index in [1.807, 2.05) is 0 Å². The van der Waals surface area contributed by atoms with Gasteiger partial charge in [0, 0.05) is 12.3 Å². The predicted molar refractivity (Wildman–Crippen MR) is 38.7 cm³/mol. The summed E-state index contributed by atoms with van der Waals surface area (Å²) in [6, 6.07) is 0. The molecule has 0 radical (unpaired) electrons. The average molecular weight is 172 g/mol. The molecule has 0 aromatic heterocycles. The van der Waals surface area contributed by atoms with Crippen LogP contribution in [0.5, 0.6) is 0 Å². The van der Waals surface area contributed by atoms with Crippen LogP contribution in [0.15, 0.2) is 0 Å². The van der Waals surface area contributed by atoms with Gasteiger partial charge in [-0.05, 0) is 12.8 Å². The van der Waals surface area contributed by atoms with Crippen molar-refractivity contribution in [2.75, 3.05) is 0 Å². The van der Waals surface area contributed by atoms with Crippen molar-refractivity contribution in [2.24, 2.45) is 5.92 Å². The first-order valence-electron chi connectivity index (χ1n) is 4.31. The lowest BCUT2D eigenvalue weighted by atomic mass is 9.81. The number of fused-ring (bicyclic) bond motifs is 1. The zero-order valence-corrected chi connectivity index (χ0v) is 6.78. The van der Waals surface area contributed by atoms with Crippen molar-refractivity contribution in [3.05, 3.63) is 0 Å². The minimum atomic E-state index is -1.19. The largest absolute Gasteiger partial charge is 0.362 e. The van der Waals surface area contributed by atoms with E-state index in [9.17, 15) is 9.90 Å². The van der Waals surface area contributed by atoms with E-state index in [1.54, 1.807) is 0 Å². The second-order valence-corrected chi connectivity index (χ2v) is 3.53. The standard InChI is InChI=1S/C8H12O4/c9-7-5-6-3-1-2-4-8(6,10)12-11-7/h6,10H,1-5H2/t6-,8-/m0/s1. The van der Waals surface area contributed by atoms with Gasteiger partial charge in [-0.25, -0.2) is 4.79 Å². The van der Waals surface area contributed by atoms with Gasteiger partial charge in [-0.1, -0.05) is 6.42 Å². The van der Waals surface area contributed by atoms with Crippen molar-refractivity contribution in [3.8, 4) is 0 Å². The van der Waals surface area contributed by atoms with Crippen molar-refractivity contribution in [2.45, 2.75) is 37.9 Å². The lowest BCUT2D eigenvalue weighted by Gasteiger charge is -2.39. The summed E-state index contributed by atoms with van der Waals surface area (Å²) in [6.45, 7) is 0. The molecule has 0 aromatic rings. The van der Waals surface area contributed by atoms with E-state index in [-0.39, 0.29) is 18.3 Å². The van der Waals surface area contributed by atoms with Crippen LogP contribution in [0.3, 0.4) is 0 Å². The van der Waals surface area contributed by atoms with Gasteiger partial charge in [0.1, 0.15) is 0 Å². The van der Waals surface area contributed by atoms with Crippen molar-refractivity contribution in [3.63, 3.8) is 0 Å². The summed E-state index contributed by atoms with van der Waals surface area (Å²) in [4.78, 5) is 19.9. The van der Waals surface area contributed by atoms with Crippen LogP contribution in [0, 0.1) is 5.92 Å². The summed E-state index contributed by atoms with van der Waals surface area (Å²) in [5.74, 6) is -1.62. The molecule has 68 valence electrons. The molecule has 1 saturated heterocycles. The minimum absolute atomic E-state index is 0.0625. The maximum Gasteiger partial charge on any atom is 0.343 e. The molecule has 4 heteroatoms. The molecule has 2 fully saturated rings. The van der Waals surface area contributed by atoms with Crippen LogP contribution in [0.1, 0.15) is 32.1 Å². The Morgan fingerprint density at radius 2 is 2.33 bits per heavy atom. The molecule has 1 saturated carbocycles. The Kier molecular flexibility index (Phi) is 1.81. The first-order valence-corrected chi connectivity index (χ1v) is 4.31. The molecule has 1 aliphatic carbocycles. The molecule has 1 N–H and O–H groups in total. The Morgan fingerprint density at radius 1 is 1.50 bits per heavy atom. The molecule has 12 heavy (non-hydrogen) atoms. The van der Waals surface area contributed by atoms with Gasteiger partial charge in [0.25, 0.3) is 0 Å². The smallest absolute Gasteiger partial charge is 0.343 e. The molecule has 2 aliphatic rings. The van der Waals surface area contributed by atoms with Crippen LogP contribution in [-0.4, -0.2) is 16.9 Å².